The SMILES string of the molecule is COCCN[C@H]1CC[C@H](S(=O)(=O)C23C[C@H]4C[C@@H](NC(=O)c5cc(C6CC6)on5)C[C@@H](C2)C43)CC1. The number of aromatic nitrogens is 1. The van der Waals surface area contributed by atoms with E-state index in [1.807, 2.05) is 0 Å². The van der Waals surface area contributed by atoms with E-state index in [-0.39, 0.29) is 17.2 Å². The van der Waals surface area contributed by atoms with Crippen LogP contribution in [0.15, 0.2) is 10.6 Å². The number of carbonyl (C=O) groups excluding carboxylic acids is 1. The molecule has 0 aromatic carbocycles. The smallest absolute Gasteiger partial charge is 0.273 e. The number of nitrogens with one attached hydrogen (secondary N) is 2. The molecule has 188 valence electrons. The first-order valence-corrected chi connectivity index (χ1v) is 14.7. The summed E-state index contributed by atoms with van der Waals surface area (Å²) in [6.45, 7) is 1.51. The quantitative estimate of drug-likeness (QED) is 0.511. The Balaban J connectivity index is 1.03. The second kappa shape index (κ2) is 8.59. The molecule has 5 aliphatic carbocycles. The van der Waals surface area contributed by atoms with Crippen LogP contribution in [0.3, 0.4) is 0 Å². The van der Waals surface area contributed by atoms with Crippen LogP contribution in [0.25, 0.3) is 0 Å². The molecule has 5 saturated carbocycles. The van der Waals surface area contributed by atoms with Gasteiger partial charge in [-0.05, 0) is 82.0 Å². The van der Waals surface area contributed by atoms with Gasteiger partial charge in [-0.15, -0.1) is 0 Å². The van der Waals surface area contributed by atoms with Crippen molar-refractivity contribution in [2.24, 2.45) is 17.8 Å². The van der Waals surface area contributed by atoms with Crippen molar-refractivity contribution in [3.05, 3.63) is 17.5 Å². The van der Waals surface area contributed by atoms with Crippen molar-refractivity contribution in [1.82, 2.24) is 15.8 Å². The van der Waals surface area contributed by atoms with Gasteiger partial charge in [0.1, 0.15) is 5.76 Å². The summed E-state index contributed by atoms with van der Waals surface area (Å²) in [5.74, 6) is 2.23. The Kier molecular flexibility index (Phi) is 5.81. The fourth-order valence-corrected chi connectivity index (χ4v) is 11.0. The monoisotopic (exact) mass is 491 g/mol. The maximum atomic E-state index is 13.7. The Bertz CT molecular complexity index is 1010. The molecule has 0 radical (unpaired) electrons. The highest BCUT2D eigenvalue weighted by Gasteiger charge is 2.73. The average molecular weight is 492 g/mol. The number of rotatable bonds is 9. The fourth-order valence-electron chi connectivity index (χ4n) is 7.74. The van der Waals surface area contributed by atoms with Crippen LogP contribution in [0.5, 0.6) is 0 Å². The van der Waals surface area contributed by atoms with Crippen molar-refractivity contribution in [1.29, 1.82) is 0 Å². The number of amides is 1. The Hall–Kier alpha value is -1.45. The van der Waals surface area contributed by atoms with E-state index >= 15 is 0 Å². The Morgan fingerprint density at radius 1 is 1.12 bits per heavy atom. The zero-order chi connectivity index (χ0) is 23.5. The van der Waals surface area contributed by atoms with Crippen molar-refractivity contribution in [2.75, 3.05) is 20.3 Å². The van der Waals surface area contributed by atoms with Gasteiger partial charge >= 0.3 is 0 Å². The largest absolute Gasteiger partial charge is 0.383 e. The van der Waals surface area contributed by atoms with Crippen molar-refractivity contribution in [3.8, 4) is 0 Å². The molecule has 34 heavy (non-hydrogen) atoms. The maximum Gasteiger partial charge on any atom is 0.273 e. The van der Waals surface area contributed by atoms with E-state index < -0.39 is 14.6 Å². The number of carbonyl (C=O) groups is 1. The van der Waals surface area contributed by atoms with E-state index in [9.17, 15) is 13.2 Å². The van der Waals surface area contributed by atoms with Gasteiger partial charge in [-0.3, -0.25) is 4.79 Å². The third kappa shape index (κ3) is 3.73. The lowest BCUT2D eigenvalue weighted by molar-refractivity contribution is -0.106. The molecule has 1 aromatic rings. The fraction of sp³-hybridized carbons (Fsp3) is 0.840. The normalized spacial score (nSPS) is 39.0. The van der Waals surface area contributed by atoms with Gasteiger partial charge in [0.05, 0.1) is 16.6 Å². The molecule has 1 amide bonds. The maximum absolute atomic E-state index is 13.7. The minimum Gasteiger partial charge on any atom is -0.383 e. The number of hydrogen-bond donors (Lipinski definition) is 2. The van der Waals surface area contributed by atoms with Crippen molar-refractivity contribution < 1.29 is 22.5 Å². The molecule has 5 aliphatic rings. The molecule has 2 unspecified atom stereocenters. The van der Waals surface area contributed by atoms with Gasteiger partial charge in [0.25, 0.3) is 5.91 Å². The third-order valence-corrected chi connectivity index (χ3v) is 12.6. The van der Waals surface area contributed by atoms with Gasteiger partial charge in [-0.1, -0.05) is 5.16 Å². The second-order valence-electron chi connectivity index (χ2n) is 11.5. The predicted octanol–water partition coefficient (Wildman–Crippen LogP) is 2.80. The minimum atomic E-state index is -3.12. The summed E-state index contributed by atoms with van der Waals surface area (Å²) >= 11 is 0. The first kappa shape index (κ1) is 23.0. The summed E-state index contributed by atoms with van der Waals surface area (Å²) in [5, 5.41) is 10.4. The molecular formula is C25H37N3O5S. The van der Waals surface area contributed by atoms with Gasteiger partial charge in [0, 0.05) is 37.7 Å². The zero-order valence-electron chi connectivity index (χ0n) is 20.0. The Morgan fingerprint density at radius 3 is 2.47 bits per heavy atom. The van der Waals surface area contributed by atoms with Crippen LogP contribution < -0.4 is 10.6 Å². The molecular weight excluding hydrogens is 454 g/mol. The molecule has 0 spiro atoms. The van der Waals surface area contributed by atoms with E-state index in [0.717, 1.165) is 76.5 Å². The van der Waals surface area contributed by atoms with E-state index in [0.29, 0.717) is 42.0 Å². The zero-order valence-corrected chi connectivity index (χ0v) is 20.8. The second-order valence-corrected chi connectivity index (χ2v) is 14.1. The highest BCUT2D eigenvalue weighted by molar-refractivity contribution is 7.93. The topological polar surface area (TPSA) is 111 Å². The Labute approximate surface area is 201 Å². The molecule has 1 aromatic heterocycles. The number of nitrogens with zero attached hydrogens (tertiary/aromatic N) is 1. The molecule has 2 N–H and O–H groups in total. The van der Waals surface area contributed by atoms with Gasteiger partial charge < -0.3 is 19.9 Å². The molecule has 5 fully saturated rings. The lowest BCUT2D eigenvalue weighted by atomic mass is 9.42. The lowest BCUT2D eigenvalue weighted by Crippen LogP contribution is -2.74. The van der Waals surface area contributed by atoms with Crippen LogP contribution in [-0.4, -0.2) is 61.8 Å². The van der Waals surface area contributed by atoms with E-state index in [2.05, 4.69) is 15.8 Å². The van der Waals surface area contributed by atoms with Crippen LogP contribution in [0.1, 0.15) is 86.4 Å². The van der Waals surface area contributed by atoms with Crippen LogP contribution in [-0.2, 0) is 14.6 Å². The highest BCUT2D eigenvalue weighted by Crippen LogP contribution is 2.70. The molecule has 9 heteroatoms. The van der Waals surface area contributed by atoms with Crippen LogP contribution in [0.2, 0.25) is 0 Å². The molecule has 5 atom stereocenters. The number of sulfone groups is 1. The third-order valence-electron chi connectivity index (χ3n) is 9.51. The number of methoxy groups -OCH3 is 1. The molecule has 6 rings (SSSR count). The number of hydrogen-bond acceptors (Lipinski definition) is 7. The first-order chi connectivity index (χ1) is 16.4. The van der Waals surface area contributed by atoms with E-state index in [1.165, 1.54) is 0 Å². The summed E-state index contributed by atoms with van der Waals surface area (Å²) in [5.41, 5.74) is 0.371. The molecule has 1 heterocycles. The number of ether oxygens (including phenoxy) is 1. The van der Waals surface area contributed by atoms with Crippen LogP contribution in [0, 0.1) is 17.8 Å². The van der Waals surface area contributed by atoms with Crippen LogP contribution >= 0.6 is 0 Å². The van der Waals surface area contributed by atoms with Gasteiger partial charge in [-0.25, -0.2) is 8.42 Å². The average Bonchev–Trinajstić information content (AvgIpc) is 3.52. The Morgan fingerprint density at radius 2 is 1.82 bits per heavy atom. The molecule has 0 saturated heterocycles. The molecule has 0 bridgehead atoms. The molecule has 8 nitrogen and oxygen atoms in total. The summed E-state index contributed by atoms with van der Waals surface area (Å²) in [4.78, 5) is 12.7. The van der Waals surface area contributed by atoms with E-state index in [1.54, 1.807) is 13.2 Å². The first-order valence-electron chi connectivity index (χ1n) is 13.1. The predicted molar refractivity (Wildman–Crippen MR) is 126 cm³/mol. The summed E-state index contributed by atoms with van der Waals surface area (Å²) in [7, 11) is -1.42. The van der Waals surface area contributed by atoms with Crippen molar-refractivity contribution in [3.63, 3.8) is 0 Å². The summed E-state index contributed by atoms with van der Waals surface area (Å²) in [6.07, 6.45) is 8.96. The minimum absolute atomic E-state index is 0.106. The summed E-state index contributed by atoms with van der Waals surface area (Å²) in [6, 6.07) is 2.30. The van der Waals surface area contributed by atoms with Gasteiger partial charge in [-0.2, -0.15) is 0 Å². The van der Waals surface area contributed by atoms with Crippen LogP contribution in [0.4, 0.5) is 0 Å². The molecule has 0 aliphatic heterocycles. The van der Waals surface area contributed by atoms with Crippen molar-refractivity contribution >= 4 is 15.7 Å². The van der Waals surface area contributed by atoms with Gasteiger partial charge in [0.15, 0.2) is 15.5 Å². The summed E-state index contributed by atoms with van der Waals surface area (Å²) < 4.78 is 37.4. The van der Waals surface area contributed by atoms with Crippen molar-refractivity contribution in [2.45, 2.75) is 92.2 Å². The lowest BCUT2D eigenvalue weighted by Gasteiger charge is -2.70. The standard InChI is InChI=1S/C25H37N3O5S/c1-32-9-8-26-18-4-6-20(7-5-18)34(30,31)25-13-16-10-19(11-17(14-25)23(16)25)27-24(29)21-12-22(33-28-21)15-2-3-15/h12,15-20,23,26H,2-11,13-14H2,1H3,(H,27,29)/t16-,17+,18-,19-,20-,23?,25?. The van der Waals surface area contributed by atoms with Gasteiger partial charge in [0.2, 0.25) is 0 Å². The highest BCUT2D eigenvalue weighted by atomic mass is 32.2. The van der Waals surface area contributed by atoms with E-state index in [4.69, 9.17) is 9.26 Å².